The zero-order chi connectivity index (χ0) is 23.7. The zero-order valence-electron chi connectivity index (χ0n) is 17.8. The third-order valence-corrected chi connectivity index (χ3v) is 6.49. The molecule has 4 aromatic rings. The molecule has 1 atom stereocenters. The number of nitrogens with one attached hydrogen (secondary N) is 2. The van der Waals surface area contributed by atoms with Gasteiger partial charge in [0.15, 0.2) is 5.13 Å². The van der Waals surface area contributed by atoms with Crippen LogP contribution >= 0.6 is 11.3 Å². The second-order valence-electron chi connectivity index (χ2n) is 7.89. The lowest BCUT2D eigenvalue weighted by atomic mass is 10.0. The molecule has 1 aromatic heterocycles. The van der Waals surface area contributed by atoms with E-state index in [4.69, 9.17) is 4.74 Å². The maximum atomic E-state index is 14.8. The summed E-state index contributed by atoms with van der Waals surface area (Å²) in [5.74, 6) is -2.13. The van der Waals surface area contributed by atoms with Crippen molar-refractivity contribution < 1.29 is 23.1 Å². The molecule has 0 spiro atoms. The summed E-state index contributed by atoms with van der Waals surface area (Å²) < 4.78 is 33.8. The first kappa shape index (κ1) is 22.1. The van der Waals surface area contributed by atoms with E-state index in [9.17, 15) is 18.4 Å². The van der Waals surface area contributed by atoms with Gasteiger partial charge in [-0.3, -0.25) is 0 Å². The van der Waals surface area contributed by atoms with Crippen LogP contribution in [0.4, 0.5) is 19.6 Å². The van der Waals surface area contributed by atoms with Gasteiger partial charge in [-0.15, -0.1) is 0 Å². The molecule has 0 amide bonds. The average molecular weight is 480 g/mol. The van der Waals surface area contributed by atoms with Gasteiger partial charge in [-0.25, -0.2) is 23.4 Å². The maximum absolute atomic E-state index is 14.8. The lowest BCUT2D eigenvalue weighted by Gasteiger charge is -2.10. The van der Waals surface area contributed by atoms with Crippen molar-refractivity contribution in [2.24, 2.45) is 0 Å². The van der Waals surface area contributed by atoms with Crippen molar-refractivity contribution in [2.75, 3.05) is 11.9 Å². The number of hydrogen-bond acceptors (Lipinski definition) is 7. The lowest BCUT2D eigenvalue weighted by molar-refractivity contribution is -0.139. The molecule has 1 fully saturated rings. The quantitative estimate of drug-likeness (QED) is 0.294. The minimum absolute atomic E-state index is 0.237. The summed E-state index contributed by atoms with van der Waals surface area (Å²) in [6.07, 6.45) is 1.52. The van der Waals surface area contributed by atoms with Gasteiger partial charge < -0.3 is 15.4 Å². The Bertz CT molecular complexity index is 1380. The van der Waals surface area contributed by atoms with Crippen molar-refractivity contribution in [3.63, 3.8) is 0 Å². The van der Waals surface area contributed by atoms with Crippen LogP contribution in [0.3, 0.4) is 0 Å². The fourth-order valence-corrected chi connectivity index (χ4v) is 4.67. The van der Waals surface area contributed by atoms with Crippen molar-refractivity contribution in [3.05, 3.63) is 77.9 Å². The third kappa shape index (κ3) is 4.66. The Labute approximate surface area is 197 Å². The van der Waals surface area contributed by atoms with E-state index >= 15 is 0 Å². The van der Waals surface area contributed by atoms with Crippen LogP contribution in [-0.2, 0) is 9.53 Å². The van der Waals surface area contributed by atoms with Gasteiger partial charge in [-0.05, 0) is 73.0 Å². The topological polar surface area (TPSA) is 80.3 Å². The number of aromatic nitrogens is 1. The van der Waals surface area contributed by atoms with Crippen LogP contribution in [-0.4, -0.2) is 29.5 Å². The van der Waals surface area contributed by atoms with Gasteiger partial charge in [0.1, 0.15) is 17.7 Å². The molecule has 0 aliphatic carbocycles. The highest BCUT2D eigenvalue weighted by atomic mass is 32.1. The minimum atomic E-state index is -0.716. The number of thiazole rings is 1. The Balaban J connectivity index is 1.27. The van der Waals surface area contributed by atoms with Crippen molar-refractivity contribution >= 4 is 44.3 Å². The number of hydrogen-bond donors (Lipinski definition) is 2. The van der Waals surface area contributed by atoms with Crippen LogP contribution in [0, 0.1) is 11.6 Å². The van der Waals surface area contributed by atoms with Crippen LogP contribution in [0.1, 0.15) is 23.2 Å². The summed E-state index contributed by atoms with van der Waals surface area (Å²) in [6.45, 7) is 0.730. The smallest absolute Gasteiger partial charge is 0.345 e. The van der Waals surface area contributed by atoms with Crippen molar-refractivity contribution in [1.82, 2.24) is 10.3 Å². The third-order valence-electron chi connectivity index (χ3n) is 5.55. The molecule has 5 rings (SSSR count). The Morgan fingerprint density at radius 1 is 1.03 bits per heavy atom. The molecule has 172 valence electrons. The van der Waals surface area contributed by atoms with E-state index in [2.05, 4.69) is 15.6 Å². The number of halogens is 2. The largest absolute Gasteiger partial charge is 0.388 e. The fraction of sp³-hybridized carbons (Fsp3) is 0.160. The fourth-order valence-electron chi connectivity index (χ4n) is 3.77. The summed E-state index contributed by atoms with van der Waals surface area (Å²) in [6, 6.07) is 15.0. The Morgan fingerprint density at radius 3 is 2.56 bits per heavy atom. The van der Waals surface area contributed by atoms with Crippen molar-refractivity contribution in [1.29, 1.82) is 0 Å². The second-order valence-corrected chi connectivity index (χ2v) is 8.92. The molecule has 9 heteroatoms. The molecule has 0 radical (unpaired) electrons. The van der Waals surface area contributed by atoms with E-state index < -0.39 is 23.8 Å². The lowest BCUT2D eigenvalue weighted by Crippen LogP contribution is -2.33. The number of ether oxygens (including phenoxy) is 1. The molecule has 0 unspecified atom stereocenters. The van der Waals surface area contributed by atoms with E-state index in [1.165, 1.54) is 41.7 Å². The van der Waals surface area contributed by atoms with E-state index in [0.717, 1.165) is 13.0 Å². The van der Waals surface area contributed by atoms with Crippen LogP contribution in [0.25, 0.3) is 21.3 Å². The minimum Gasteiger partial charge on any atom is -0.388 e. The normalized spacial score (nSPS) is 15.4. The zero-order valence-corrected chi connectivity index (χ0v) is 18.6. The molecule has 2 N–H and O–H groups in total. The number of benzene rings is 3. The highest BCUT2D eigenvalue weighted by molar-refractivity contribution is 7.22. The van der Waals surface area contributed by atoms with Gasteiger partial charge in [0, 0.05) is 0 Å². The first-order valence-corrected chi connectivity index (χ1v) is 11.5. The summed E-state index contributed by atoms with van der Waals surface area (Å²) in [4.78, 5) is 28.6. The van der Waals surface area contributed by atoms with Gasteiger partial charge in [0.2, 0.25) is 0 Å². The number of esters is 2. The standard InChI is InChI=1S/C25H19F2N3O3S/c26-17-8-10-20-22(13-17)34-25(30-20)29-19-9-7-16(12-18(19)27)14-3-5-15(6-4-14)23(31)33-24(32)21-2-1-11-28-21/h3-10,12-13,21,28H,1-2,11H2,(H,29,30)/t21-/m0/s1. The summed E-state index contributed by atoms with van der Waals surface area (Å²) in [5.41, 5.74) is 2.41. The monoisotopic (exact) mass is 479 g/mol. The number of carbonyl (C=O) groups is 2. The molecule has 1 saturated heterocycles. The van der Waals surface area contributed by atoms with E-state index in [1.54, 1.807) is 30.3 Å². The average Bonchev–Trinajstić information content (AvgIpc) is 3.50. The predicted octanol–water partition coefficient (Wildman–Crippen LogP) is 5.42. The molecule has 1 aliphatic heterocycles. The first-order chi connectivity index (χ1) is 16.5. The van der Waals surface area contributed by atoms with Crippen LogP contribution < -0.4 is 10.6 Å². The van der Waals surface area contributed by atoms with Crippen LogP contribution in [0.2, 0.25) is 0 Å². The maximum Gasteiger partial charge on any atom is 0.345 e. The Hall–Kier alpha value is -3.69. The number of carbonyl (C=O) groups excluding carboxylic acids is 2. The highest BCUT2D eigenvalue weighted by Gasteiger charge is 2.26. The number of fused-ring (bicyclic) bond motifs is 1. The molecular formula is C25H19F2N3O3S. The summed E-state index contributed by atoms with van der Waals surface area (Å²) >= 11 is 1.23. The molecule has 2 heterocycles. The SMILES string of the molecule is O=C(OC(=O)[C@@H]1CCCN1)c1ccc(-c2ccc(Nc3nc4ccc(F)cc4s3)c(F)c2)cc1. The number of anilines is 2. The first-order valence-electron chi connectivity index (χ1n) is 10.7. The Kier molecular flexibility index (Phi) is 6.04. The molecule has 6 nitrogen and oxygen atoms in total. The summed E-state index contributed by atoms with van der Waals surface area (Å²) in [7, 11) is 0. The Morgan fingerprint density at radius 2 is 1.82 bits per heavy atom. The van der Waals surface area contributed by atoms with Gasteiger partial charge in [0.25, 0.3) is 0 Å². The highest BCUT2D eigenvalue weighted by Crippen LogP contribution is 2.31. The van der Waals surface area contributed by atoms with Gasteiger partial charge >= 0.3 is 11.9 Å². The van der Waals surface area contributed by atoms with Gasteiger partial charge in [-0.2, -0.15) is 0 Å². The molecular weight excluding hydrogens is 460 g/mol. The molecule has 34 heavy (non-hydrogen) atoms. The molecule has 0 saturated carbocycles. The molecule has 3 aromatic carbocycles. The molecule has 1 aliphatic rings. The van der Waals surface area contributed by atoms with E-state index in [1.807, 2.05) is 0 Å². The summed E-state index contributed by atoms with van der Waals surface area (Å²) in [5, 5.41) is 6.38. The van der Waals surface area contributed by atoms with Gasteiger partial charge in [0.05, 0.1) is 21.5 Å². The van der Waals surface area contributed by atoms with Gasteiger partial charge in [-0.1, -0.05) is 29.5 Å². The second kappa shape index (κ2) is 9.28. The predicted molar refractivity (Wildman–Crippen MR) is 126 cm³/mol. The van der Waals surface area contributed by atoms with Crippen molar-refractivity contribution in [2.45, 2.75) is 18.9 Å². The van der Waals surface area contributed by atoms with E-state index in [-0.39, 0.29) is 17.1 Å². The number of rotatable bonds is 5. The van der Waals surface area contributed by atoms with Crippen LogP contribution in [0.15, 0.2) is 60.7 Å². The number of nitrogens with zero attached hydrogens (tertiary/aromatic N) is 1. The van der Waals surface area contributed by atoms with Crippen LogP contribution in [0.5, 0.6) is 0 Å². The molecule has 0 bridgehead atoms. The van der Waals surface area contributed by atoms with E-state index in [0.29, 0.717) is 32.9 Å². The van der Waals surface area contributed by atoms with Crippen molar-refractivity contribution in [3.8, 4) is 11.1 Å².